The SMILES string of the molecule is O=C(OCC1CO1)C1=CC=CC(C(=O)OCC2CO2)([N+](=O)[O-])C1. The van der Waals surface area contributed by atoms with Crippen LogP contribution in [-0.2, 0) is 28.5 Å². The number of epoxide rings is 2. The van der Waals surface area contributed by atoms with Crippen LogP contribution in [0.2, 0.25) is 0 Å². The Bertz CT molecular complexity index is 590. The summed E-state index contributed by atoms with van der Waals surface area (Å²) in [5.41, 5.74) is -2.07. The number of hydrogen-bond donors (Lipinski definition) is 0. The molecule has 1 aliphatic carbocycles. The van der Waals surface area contributed by atoms with Crippen molar-refractivity contribution < 1.29 is 33.5 Å². The van der Waals surface area contributed by atoms with Gasteiger partial charge in [0.2, 0.25) is 0 Å². The minimum atomic E-state index is -2.12. The van der Waals surface area contributed by atoms with Crippen molar-refractivity contribution in [1.82, 2.24) is 0 Å². The lowest BCUT2D eigenvalue weighted by Gasteiger charge is -2.23. The fraction of sp³-hybridized carbons (Fsp3) is 0.571. The molecule has 2 aliphatic heterocycles. The Balaban J connectivity index is 1.66. The summed E-state index contributed by atoms with van der Waals surface area (Å²) in [6.07, 6.45) is 3.10. The van der Waals surface area contributed by atoms with Crippen LogP contribution in [0.1, 0.15) is 6.42 Å². The first-order valence-electron chi connectivity index (χ1n) is 7.12. The highest BCUT2D eigenvalue weighted by Gasteiger charge is 2.53. The quantitative estimate of drug-likeness (QED) is 0.272. The molecule has 3 unspecified atom stereocenters. The molecular formula is C14H15NO8. The molecule has 0 bridgehead atoms. The topological polar surface area (TPSA) is 121 Å². The van der Waals surface area contributed by atoms with Crippen LogP contribution in [-0.4, -0.2) is 61.0 Å². The van der Waals surface area contributed by atoms with E-state index in [0.717, 1.165) is 6.08 Å². The minimum Gasteiger partial charge on any atom is -0.459 e. The number of esters is 2. The first-order valence-corrected chi connectivity index (χ1v) is 7.12. The van der Waals surface area contributed by atoms with E-state index in [4.69, 9.17) is 18.9 Å². The van der Waals surface area contributed by atoms with Gasteiger partial charge < -0.3 is 18.9 Å². The maximum Gasteiger partial charge on any atom is 0.389 e. The minimum absolute atomic E-state index is 0.0369. The molecule has 0 spiro atoms. The zero-order valence-electron chi connectivity index (χ0n) is 12.1. The smallest absolute Gasteiger partial charge is 0.389 e. The van der Waals surface area contributed by atoms with Gasteiger partial charge in [0, 0.05) is 16.6 Å². The number of rotatable bonds is 7. The number of nitro groups is 1. The Morgan fingerprint density at radius 1 is 1.26 bits per heavy atom. The highest BCUT2D eigenvalue weighted by Crippen LogP contribution is 2.29. The van der Waals surface area contributed by atoms with Crippen molar-refractivity contribution in [1.29, 1.82) is 0 Å². The zero-order chi connectivity index (χ0) is 16.4. The highest BCUT2D eigenvalue weighted by atomic mass is 16.6. The number of carbonyl (C=O) groups is 2. The molecule has 3 aliphatic rings. The molecule has 3 atom stereocenters. The van der Waals surface area contributed by atoms with Crippen LogP contribution in [0.15, 0.2) is 23.8 Å². The standard InChI is InChI=1S/C14H15NO8/c16-12(22-7-10-5-20-10)9-2-1-3-14(4-9,15(18)19)13(17)23-8-11-6-21-11/h1-3,10-11H,4-8H2. The van der Waals surface area contributed by atoms with E-state index >= 15 is 0 Å². The monoisotopic (exact) mass is 325 g/mol. The van der Waals surface area contributed by atoms with Gasteiger partial charge in [-0.15, -0.1) is 0 Å². The fourth-order valence-corrected chi connectivity index (χ4v) is 2.10. The normalized spacial score (nSPS) is 31.0. The summed E-state index contributed by atoms with van der Waals surface area (Å²) in [6, 6.07) is 0. The molecule has 9 heteroatoms. The lowest BCUT2D eigenvalue weighted by molar-refractivity contribution is -0.540. The Morgan fingerprint density at radius 2 is 1.87 bits per heavy atom. The van der Waals surface area contributed by atoms with E-state index in [-0.39, 0.29) is 31.0 Å². The van der Waals surface area contributed by atoms with Crippen molar-refractivity contribution in [3.63, 3.8) is 0 Å². The Labute approximate surface area is 131 Å². The molecule has 0 aromatic rings. The van der Waals surface area contributed by atoms with Crippen molar-refractivity contribution in [2.75, 3.05) is 26.4 Å². The number of nitrogens with zero attached hydrogens (tertiary/aromatic N) is 1. The average molecular weight is 325 g/mol. The fourth-order valence-electron chi connectivity index (χ4n) is 2.10. The summed E-state index contributed by atoms with van der Waals surface area (Å²) in [4.78, 5) is 34.8. The molecule has 2 heterocycles. The van der Waals surface area contributed by atoms with Crippen molar-refractivity contribution in [3.05, 3.63) is 33.9 Å². The van der Waals surface area contributed by atoms with Gasteiger partial charge in [0.25, 0.3) is 0 Å². The van der Waals surface area contributed by atoms with E-state index in [1.807, 2.05) is 0 Å². The van der Waals surface area contributed by atoms with E-state index in [1.165, 1.54) is 12.2 Å². The number of carbonyl (C=O) groups excluding carboxylic acids is 2. The number of allylic oxidation sites excluding steroid dienone is 2. The van der Waals surface area contributed by atoms with Crippen molar-refractivity contribution >= 4 is 11.9 Å². The third kappa shape index (κ3) is 3.57. The van der Waals surface area contributed by atoms with Crippen LogP contribution in [0, 0.1) is 10.1 Å². The summed E-state index contributed by atoms with van der Waals surface area (Å²) >= 11 is 0. The molecule has 124 valence electrons. The Hall–Kier alpha value is -2.26. The van der Waals surface area contributed by atoms with Crippen LogP contribution >= 0.6 is 0 Å². The van der Waals surface area contributed by atoms with E-state index in [2.05, 4.69) is 0 Å². The molecule has 2 saturated heterocycles. The van der Waals surface area contributed by atoms with Gasteiger partial charge in [-0.05, 0) is 0 Å². The van der Waals surface area contributed by atoms with Gasteiger partial charge in [-0.3, -0.25) is 10.1 Å². The largest absolute Gasteiger partial charge is 0.459 e. The second-order valence-electron chi connectivity index (χ2n) is 5.52. The molecule has 9 nitrogen and oxygen atoms in total. The van der Waals surface area contributed by atoms with Crippen LogP contribution < -0.4 is 0 Å². The third-order valence-electron chi connectivity index (χ3n) is 3.68. The van der Waals surface area contributed by atoms with Gasteiger partial charge in [-0.25, -0.2) is 9.59 Å². The van der Waals surface area contributed by atoms with E-state index in [0.29, 0.717) is 13.2 Å². The van der Waals surface area contributed by atoms with E-state index in [9.17, 15) is 19.7 Å². The zero-order valence-corrected chi connectivity index (χ0v) is 12.1. The van der Waals surface area contributed by atoms with E-state index < -0.39 is 28.8 Å². The molecule has 0 aromatic carbocycles. The summed E-state index contributed by atoms with van der Waals surface area (Å²) < 4.78 is 19.8. The van der Waals surface area contributed by atoms with Crippen molar-refractivity contribution in [3.8, 4) is 0 Å². The molecule has 2 fully saturated rings. The molecule has 0 N–H and O–H groups in total. The number of hydrogen-bond acceptors (Lipinski definition) is 8. The predicted octanol–water partition coefficient (Wildman–Crippen LogP) is -0.228. The van der Waals surface area contributed by atoms with Gasteiger partial charge in [0.1, 0.15) is 25.4 Å². The first kappa shape index (κ1) is 15.6. The Morgan fingerprint density at radius 3 is 2.43 bits per heavy atom. The molecule has 3 rings (SSSR count). The maximum absolute atomic E-state index is 12.2. The van der Waals surface area contributed by atoms with Crippen LogP contribution in [0.3, 0.4) is 0 Å². The van der Waals surface area contributed by atoms with Gasteiger partial charge in [-0.1, -0.05) is 12.2 Å². The van der Waals surface area contributed by atoms with E-state index in [1.54, 1.807) is 0 Å². The molecular weight excluding hydrogens is 310 g/mol. The van der Waals surface area contributed by atoms with Gasteiger partial charge in [-0.2, -0.15) is 0 Å². The lowest BCUT2D eigenvalue weighted by atomic mass is 9.87. The van der Waals surface area contributed by atoms with Crippen LogP contribution in [0.4, 0.5) is 0 Å². The Kier molecular flexibility index (Phi) is 4.14. The number of ether oxygens (including phenoxy) is 4. The lowest BCUT2D eigenvalue weighted by Crippen LogP contribution is -2.48. The molecule has 0 amide bonds. The molecule has 23 heavy (non-hydrogen) atoms. The second-order valence-corrected chi connectivity index (χ2v) is 5.52. The van der Waals surface area contributed by atoms with Gasteiger partial charge in [0.15, 0.2) is 0 Å². The molecule has 0 aromatic heterocycles. The van der Waals surface area contributed by atoms with Gasteiger partial charge in [0.05, 0.1) is 19.6 Å². The highest BCUT2D eigenvalue weighted by molar-refractivity contribution is 5.93. The van der Waals surface area contributed by atoms with Crippen molar-refractivity contribution in [2.45, 2.75) is 24.2 Å². The maximum atomic E-state index is 12.2. The first-order chi connectivity index (χ1) is 11.0. The molecule has 0 saturated carbocycles. The van der Waals surface area contributed by atoms with Crippen LogP contribution in [0.5, 0.6) is 0 Å². The van der Waals surface area contributed by atoms with Crippen molar-refractivity contribution in [2.24, 2.45) is 0 Å². The summed E-state index contributed by atoms with van der Waals surface area (Å²) in [6.45, 7) is 1.05. The summed E-state index contributed by atoms with van der Waals surface area (Å²) in [5.74, 6) is -1.72. The van der Waals surface area contributed by atoms with Gasteiger partial charge >= 0.3 is 17.5 Å². The summed E-state index contributed by atoms with van der Waals surface area (Å²) in [7, 11) is 0. The predicted molar refractivity (Wildman–Crippen MR) is 73.0 cm³/mol. The van der Waals surface area contributed by atoms with Crippen LogP contribution in [0.25, 0.3) is 0 Å². The molecule has 0 radical (unpaired) electrons. The second kappa shape index (κ2) is 6.09. The third-order valence-corrected chi connectivity index (χ3v) is 3.68. The summed E-state index contributed by atoms with van der Waals surface area (Å²) in [5, 5.41) is 11.4. The average Bonchev–Trinajstić information content (AvgIpc) is 3.44.